The second kappa shape index (κ2) is 6.98. The van der Waals surface area contributed by atoms with Crippen LogP contribution < -0.4 is 10.1 Å². The van der Waals surface area contributed by atoms with E-state index in [4.69, 9.17) is 4.74 Å². The lowest BCUT2D eigenvalue weighted by atomic mass is 10.3. The van der Waals surface area contributed by atoms with Crippen molar-refractivity contribution in [3.8, 4) is 5.75 Å². The normalized spacial score (nSPS) is 10.8. The van der Waals surface area contributed by atoms with E-state index in [1.54, 1.807) is 0 Å². The van der Waals surface area contributed by atoms with Crippen LogP contribution in [0, 0.1) is 0 Å². The maximum Gasteiger partial charge on any atom is 0.119 e. The van der Waals surface area contributed by atoms with Crippen molar-refractivity contribution >= 4 is 5.69 Å². The van der Waals surface area contributed by atoms with Crippen LogP contribution >= 0.6 is 0 Å². The van der Waals surface area contributed by atoms with Gasteiger partial charge in [-0.25, -0.2) is 4.98 Å². The summed E-state index contributed by atoms with van der Waals surface area (Å²) in [7, 11) is 0. The molecule has 1 heterocycles. The molecular weight excluding hydrogens is 250 g/mol. The van der Waals surface area contributed by atoms with Gasteiger partial charge in [-0.15, -0.1) is 0 Å². The molecule has 1 N–H and O–H groups in total. The third-order valence-corrected chi connectivity index (χ3v) is 3.10. The van der Waals surface area contributed by atoms with Crippen molar-refractivity contribution in [3.63, 3.8) is 0 Å². The Morgan fingerprint density at radius 1 is 1.25 bits per heavy atom. The molecule has 108 valence electrons. The number of imidazole rings is 1. The van der Waals surface area contributed by atoms with Gasteiger partial charge >= 0.3 is 0 Å². The number of hydrogen-bond acceptors (Lipinski definition) is 3. The van der Waals surface area contributed by atoms with Gasteiger partial charge in [0, 0.05) is 17.9 Å². The van der Waals surface area contributed by atoms with E-state index in [9.17, 15) is 0 Å². The average molecular weight is 273 g/mol. The molecule has 0 atom stereocenters. The first-order valence-electron chi connectivity index (χ1n) is 7.18. The molecule has 1 aromatic heterocycles. The van der Waals surface area contributed by atoms with Crippen molar-refractivity contribution in [3.05, 3.63) is 42.5 Å². The fourth-order valence-electron chi connectivity index (χ4n) is 2.02. The average Bonchev–Trinajstić information content (AvgIpc) is 2.92. The molecule has 0 amide bonds. The minimum atomic E-state index is 0.430. The largest absolute Gasteiger partial charge is 0.494 e. The van der Waals surface area contributed by atoms with Gasteiger partial charge in [0.2, 0.25) is 0 Å². The van der Waals surface area contributed by atoms with Crippen LogP contribution in [0.15, 0.2) is 36.8 Å². The van der Waals surface area contributed by atoms with Crippen molar-refractivity contribution < 1.29 is 4.74 Å². The quantitative estimate of drug-likeness (QED) is 0.832. The smallest absolute Gasteiger partial charge is 0.119 e. The monoisotopic (exact) mass is 273 g/mol. The number of nitrogens with one attached hydrogen (secondary N) is 1. The third-order valence-electron chi connectivity index (χ3n) is 3.10. The van der Waals surface area contributed by atoms with Crippen molar-refractivity contribution in [1.29, 1.82) is 0 Å². The predicted octanol–water partition coefficient (Wildman–Crippen LogP) is 3.86. The van der Waals surface area contributed by atoms with Crippen molar-refractivity contribution in [2.45, 2.75) is 39.8 Å². The highest BCUT2D eigenvalue weighted by atomic mass is 16.5. The molecule has 0 spiro atoms. The SMILES string of the molecule is CCCOc1ccc(NCc2cncn2C(C)C)cc1. The Morgan fingerprint density at radius 3 is 2.65 bits per heavy atom. The molecule has 0 bridgehead atoms. The summed E-state index contributed by atoms with van der Waals surface area (Å²) in [4.78, 5) is 4.21. The molecule has 4 nitrogen and oxygen atoms in total. The Bertz CT molecular complexity index is 517. The molecule has 0 saturated heterocycles. The summed E-state index contributed by atoms with van der Waals surface area (Å²) in [5.74, 6) is 0.921. The molecular formula is C16H23N3O. The van der Waals surface area contributed by atoms with Crippen LogP contribution in [-0.4, -0.2) is 16.2 Å². The molecule has 1 aromatic carbocycles. The number of aromatic nitrogens is 2. The number of benzene rings is 1. The lowest BCUT2D eigenvalue weighted by Crippen LogP contribution is -2.08. The Morgan fingerprint density at radius 2 is 2.00 bits per heavy atom. The second-order valence-corrected chi connectivity index (χ2v) is 5.11. The van der Waals surface area contributed by atoms with Crippen molar-refractivity contribution in [2.24, 2.45) is 0 Å². The zero-order valence-corrected chi connectivity index (χ0v) is 12.5. The summed E-state index contributed by atoms with van der Waals surface area (Å²) in [5.41, 5.74) is 2.27. The Kier molecular flexibility index (Phi) is 5.04. The van der Waals surface area contributed by atoms with Gasteiger partial charge in [-0.05, 0) is 44.5 Å². The predicted molar refractivity (Wildman–Crippen MR) is 82.2 cm³/mol. The molecule has 4 heteroatoms. The fraction of sp³-hybridized carbons (Fsp3) is 0.438. The number of nitrogens with zero attached hydrogens (tertiary/aromatic N) is 2. The van der Waals surface area contributed by atoms with Crippen LogP contribution in [0.2, 0.25) is 0 Å². The van der Waals surface area contributed by atoms with E-state index in [1.165, 1.54) is 5.69 Å². The van der Waals surface area contributed by atoms with Gasteiger partial charge in [0.1, 0.15) is 5.75 Å². The van der Waals surface area contributed by atoms with Gasteiger partial charge in [0.25, 0.3) is 0 Å². The van der Waals surface area contributed by atoms with E-state index in [-0.39, 0.29) is 0 Å². The summed E-state index contributed by atoms with van der Waals surface area (Å²) >= 11 is 0. The summed E-state index contributed by atoms with van der Waals surface area (Å²) in [5, 5.41) is 3.41. The molecule has 0 aliphatic carbocycles. The summed E-state index contributed by atoms with van der Waals surface area (Å²) in [6, 6.07) is 8.51. The van der Waals surface area contributed by atoms with Crippen LogP contribution in [0.25, 0.3) is 0 Å². The minimum Gasteiger partial charge on any atom is -0.494 e. The first-order valence-corrected chi connectivity index (χ1v) is 7.18. The minimum absolute atomic E-state index is 0.430. The molecule has 20 heavy (non-hydrogen) atoms. The molecule has 0 fully saturated rings. The van der Waals surface area contributed by atoms with E-state index >= 15 is 0 Å². The van der Waals surface area contributed by atoms with Crippen molar-refractivity contribution in [1.82, 2.24) is 9.55 Å². The molecule has 0 saturated carbocycles. The standard InChI is InChI=1S/C16H23N3O/c1-4-9-20-16-7-5-14(6-8-16)18-11-15-10-17-12-19(15)13(2)3/h5-8,10,12-13,18H,4,9,11H2,1-3H3. The number of hydrogen-bond donors (Lipinski definition) is 1. The fourth-order valence-corrected chi connectivity index (χ4v) is 2.02. The molecule has 2 rings (SSSR count). The van der Waals surface area contributed by atoms with E-state index in [1.807, 2.05) is 36.8 Å². The van der Waals surface area contributed by atoms with Crippen LogP contribution in [-0.2, 0) is 6.54 Å². The van der Waals surface area contributed by atoms with Gasteiger partial charge in [-0.1, -0.05) is 6.92 Å². The second-order valence-electron chi connectivity index (χ2n) is 5.11. The molecule has 0 aliphatic rings. The Labute approximate surface area is 120 Å². The first-order chi connectivity index (χ1) is 9.70. The van der Waals surface area contributed by atoms with Gasteiger partial charge in [0.15, 0.2) is 0 Å². The van der Waals surface area contributed by atoms with Crippen LogP contribution in [0.5, 0.6) is 5.75 Å². The molecule has 0 aliphatic heterocycles. The maximum absolute atomic E-state index is 5.57. The highest BCUT2D eigenvalue weighted by molar-refractivity contribution is 5.46. The lowest BCUT2D eigenvalue weighted by Gasteiger charge is -2.13. The molecule has 0 radical (unpaired) electrons. The zero-order valence-electron chi connectivity index (χ0n) is 12.5. The highest BCUT2D eigenvalue weighted by Gasteiger charge is 2.04. The van der Waals surface area contributed by atoms with Crippen LogP contribution in [0.3, 0.4) is 0 Å². The van der Waals surface area contributed by atoms with Gasteiger partial charge < -0.3 is 14.6 Å². The van der Waals surface area contributed by atoms with E-state index in [0.717, 1.165) is 31.0 Å². The maximum atomic E-state index is 5.57. The lowest BCUT2D eigenvalue weighted by molar-refractivity contribution is 0.317. The van der Waals surface area contributed by atoms with E-state index < -0.39 is 0 Å². The first kappa shape index (κ1) is 14.4. The Hall–Kier alpha value is -1.97. The van der Waals surface area contributed by atoms with Crippen LogP contribution in [0.1, 0.15) is 38.9 Å². The zero-order chi connectivity index (χ0) is 14.4. The molecule has 0 unspecified atom stereocenters. The number of rotatable bonds is 7. The third kappa shape index (κ3) is 3.76. The molecule has 2 aromatic rings. The Balaban J connectivity index is 1.92. The highest BCUT2D eigenvalue weighted by Crippen LogP contribution is 2.17. The van der Waals surface area contributed by atoms with Crippen molar-refractivity contribution in [2.75, 3.05) is 11.9 Å². The van der Waals surface area contributed by atoms with E-state index in [2.05, 4.69) is 35.6 Å². The number of ether oxygens (including phenoxy) is 1. The number of anilines is 1. The summed E-state index contributed by atoms with van der Waals surface area (Å²) < 4.78 is 7.74. The van der Waals surface area contributed by atoms with Gasteiger partial charge in [-0.3, -0.25) is 0 Å². The van der Waals surface area contributed by atoms with Crippen LogP contribution in [0.4, 0.5) is 5.69 Å². The topological polar surface area (TPSA) is 39.1 Å². The van der Waals surface area contributed by atoms with Gasteiger partial charge in [-0.2, -0.15) is 0 Å². The van der Waals surface area contributed by atoms with Gasteiger partial charge in [0.05, 0.1) is 25.2 Å². The summed E-state index contributed by atoms with van der Waals surface area (Å²) in [6.45, 7) is 7.96. The summed E-state index contributed by atoms with van der Waals surface area (Å²) in [6.07, 6.45) is 4.81. The van der Waals surface area contributed by atoms with E-state index in [0.29, 0.717) is 6.04 Å².